The van der Waals surface area contributed by atoms with Gasteiger partial charge >= 0.3 is 0 Å². The number of hydrogen-bond acceptors (Lipinski definition) is 3. The van der Waals surface area contributed by atoms with Crippen LogP contribution in [0.4, 0.5) is 0 Å². The summed E-state index contributed by atoms with van der Waals surface area (Å²) in [5.41, 5.74) is 0.973. The Kier molecular flexibility index (Phi) is 3.99. The summed E-state index contributed by atoms with van der Waals surface area (Å²) in [6.07, 6.45) is 2.15. The van der Waals surface area contributed by atoms with E-state index in [9.17, 15) is 5.11 Å². The van der Waals surface area contributed by atoms with Crippen molar-refractivity contribution >= 4 is 11.6 Å². The van der Waals surface area contributed by atoms with Gasteiger partial charge in [0.1, 0.15) is 0 Å². The highest BCUT2D eigenvalue weighted by Gasteiger charge is 2.39. The molecule has 1 aromatic rings. The molecule has 2 atom stereocenters. The van der Waals surface area contributed by atoms with Crippen molar-refractivity contribution in [1.29, 1.82) is 0 Å². The minimum absolute atomic E-state index is 0.189. The van der Waals surface area contributed by atoms with Crippen molar-refractivity contribution in [2.45, 2.75) is 38.7 Å². The molecule has 0 aromatic carbocycles. The molecule has 0 amide bonds. The summed E-state index contributed by atoms with van der Waals surface area (Å²) in [6, 6.07) is 0. The average Bonchev–Trinajstić information content (AvgIpc) is 2.95. The number of aliphatic hydroxyl groups is 1. The second-order valence-electron chi connectivity index (χ2n) is 5.16. The second-order valence-corrected chi connectivity index (χ2v) is 5.54. The van der Waals surface area contributed by atoms with Crippen LogP contribution in [0.5, 0.6) is 0 Å². The van der Waals surface area contributed by atoms with Gasteiger partial charge in [0.25, 0.3) is 0 Å². The molecule has 5 heteroatoms. The topological polar surface area (TPSA) is 47.3 Å². The van der Waals surface area contributed by atoms with Gasteiger partial charge in [-0.3, -0.25) is 4.68 Å². The molecule has 0 radical (unpaired) electrons. The van der Waals surface area contributed by atoms with Gasteiger partial charge in [0.15, 0.2) is 0 Å². The first-order valence-corrected chi connectivity index (χ1v) is 6.84. The predicted octanol–water partition coefficient (Wildman–Crippen LogP) is 2.10. The average molecular weight is 273 g/mol. The first kappa shape index (κ1) is 13.8. The zero-order chi connectivity index (χ0) is 13.3. The van der Waals surface area contributed by atoms with Gasteiger partial charge in [-0.25, -0.2) is 0 Å². The van der Waals surface area contributed by atoms with Crippen LogP contribution in [-0.4, -0.2) is 33.7 Å². The molecule has 1 fully saturated rings. The smallest absolute Gasteiger partial charge is 0.0848 e. The van der Waals surface area contributed by atoms with E-state index in [0.29, 0.717) is 24.5 Å². The molecule has 1 aromatic heterocycles. The fraction of sp³-hybridized carbons (Fsp3) is 0.769. The lowest BCUT2D eigenvalue weighted by Gasteiger charge is -2.32. The molecule has 4 nitrogen and oxygen atoms in total. The third-order valence-electron chi connectivity index (χ3n) is 4.04. The largest absolute Gasteiger partial charge is 0.389 e. The van der Waals surface area contributed by atoms with Gasteiger partial charge in [-0.05, 0) is 19.8 Å². The summed E-state index contributed by atoms with van der Waals surface area (Å²) >= 11 is 6.26. The van der Waals surface area contributed by atoms with E-state index in [2.05, 4.69) is 5.10 Å². The molecule has 2 rings (SSSR count). The Hall–Kier alpha value is -0.580. The molecule has 2 unspecified atom stereocenters. The van der Waals surface area contributed by atoms with Crippen LogP contribution in [0.1, 0.15) is 31.2 Å². The maximum atomic E-state index is 10.9. The first-order chi connectivity index (χ1) is 8.48. The van der Waals surface area contributed by atoms with Crippen molar-refractivity contribution < 1.29 is 9.84 Å². The zero-order valence-corrected chi connectivity index (χ0v) is 12.0. The van der Waals surface area contributed by atoms with E-state index in [1.54, 1.807) is 4.68 Å². The number of nitrogens with zero attached hydrogens (tertiary/aromatic N) is 2. The molecule has 1 aliphatic rings. The quantitative estimate of drug-likeness (QED) is 0.913. The number of rotatable bonds is 4. The molecule has 1 aliphatic heterocycles. The van der Waals surface area contributed by atoms with E-state index in [1.165, 1.54) is 0 Å². The highest BCUT2D eigenvalue weighted by Crippen LogP contribution is 2.34. The van der Waals surface area contributed by atoms with E-state index in [-0.39, 0.29) is 5.92 Å². The molecule has 1 N–H and O–H groups in total. The monoisotopic (exact) mass is 272 g/mol. The Bertz CT molecular complexity index is 427. The van der Waals surface area contributed by atoms with Crippen LogP contribution in [-0.2, 0) is 18.2 Å². The lowest BCUT2D eigenvalue weighted by molar-refractivity contribution is -0.0262. The molecular formula is C13H21ClN2O2. The van der Waals surface area contributed by atoms with Crippen LogP contribution >= 0.6 is 11.6 Å². The molecule has 1 saturated heterocycles. The van der Waals surface area contributed by atoms with E-state index < -0.39 is 5.60 Å². The van der Waals surface area contributed by atoms with Crippen LogP contribution < -0.4 is 0 Å². The van der Waals surface area contributed by atoms with Crippen LogP contribution in [0.2, 0.25) is 5.02 Å². The minimum atomic E-state index is -0.750. The summed E-state index contributed by atoms with van der Waals surface area (Å²) in [6.45, 7) is 5.27. The standard InChI is InChI=1S/C13H21ClN2O2/c1-4-13(17,10-5-6-18-8-10)7-11-12(14)9(2)15-16(11)3/h10,17H,4-8H2,1-3H3. The molecule has 0 spiro atoms. The maximum Gasteiger partial charge on any atom is 0.0848 e. The number of aryl methyl sites for hydroxylation is 2. The molecule has 0 aliphatic carbocycles. The highest BCUT2D eigenvalue weighted by molar-refractivity contribution is 6.31. The van der Waals surface area contributed by atoms with Crippen molar-refractivity contribution in [3.05, 3.63) is 16.4 Å². The Morgan fingerprint density at radius 2 is 2.33 bits per heavy atom. The van der Waals surface area contributed by atoms with Gasteiger partial charge in [-0.15, -0.1) is 0 Å². The summed E-state index contributed by atoms with van der Waals surface area (Å²) in [5, 5.41) is 15.8. The number of aromatic nitrogens is 2. The summed E-state index contributed by atoms with van der Waals surface area (Å²) in [5.74, 6) is 0.189. The fourth-order valence-electron chi connectivity index (χ4n) is 2.68. The molecule has 18 heavy (non-hydrogen) atoms. The summed E-state index contributed by atoms with van der Waals surface area (Å²) < 4.78 is 7.17. The van der Waals surface area contributed by atoms with Crippen LogP contribution in [0.25, 0.3) is 0 Å². The third kappa shape index (κ3) is 2.42. The SMILES string of the molecule is CCC(O)(Cc1c(Cl)c(C)nn1C)C1CCOC1. The van der Waals surface area contributed by atoms with E-state index in [0.717, 1.165) is 24.4 Å². The van der Waals surface area contributed by atoms with E-state index in [1.807, 2.05) is 20.9 Å². The van der Waals surface area contributed by atoms with E-state index >= 15 is 0 Å². The molecular weight excluding hydrogens is 252 g/mol. The molecule has 0 bridgehead atoms. The zero-order valence-electron chi connectivity index (χ0n) is 11.2. The van der Waals surface area contributed by atoms with Crippen LogP contribution in [0.3, 0.4) is 0 Å². The lowest BCUT2D eigenvalue weighted by Crippen LogP contribution is -2.40. The van der Waals surface area contributed by atoms with Gasteiger partial charge in [-0.1, -0.05) is 18.5 Å². The summed E-state index contributed by atoms with van der Waals surface area (Å²) in [7, 11) is 1.87. The normalized spacial score (nSPS) is 23.3. The Balaban J connectivity index is 2.24. The van der Waals surface area contributed by atoms with Crippen LogP contribution in [0.15, 0.2) is 0 Å². The van der Waals surface area contributed by atoms with Gasteiger partial charge in [0.2, 0.25) is 0 Å². The lowest BCUT2D eigenvalue weighted by atomic mass is 9.81. The van der Waals surface area contributed by atoms with Gasteiger partial charge in [0.05, 0.1) is 28.6 Å². The highest BCUT2D eigenvalue weighted by atomic mass is 35.5. The van der Waals surface area contributed by atoms with Gasteiger partial charge in [0, 0.05) is 26.0 Å². The third-order valence-corrected chi connectivity index (χ3v) is 4.53. The Morgan fingerprint density at radius 1 is 1.61 bits per heavy atom. The van der Waals surface area contributed by atoms with Gasteiger partial charge < -0.3 is 9.84 Å². The Morgan fingerprint density at radius 3 is 2.78 bits per heavy atom. The maximum absolute atomic E-state index is 10.9. The number of halogens is 1. The molecule has 2 heterocycles. The van der Waals surface area contributed by atoms with Crippen molar-refractivity contribution in [2.75, 3.05) is 13.2 Å². The van der Waals surface area contributed by atoms with Crippen molar-refractivity contribution in [1.82, 2.24) is 9.78 Å². The minimum Gasteiger partial charge on any atom is -0.389 e. The second kappa shape index (κ2) is 5.19. The van der Waals surface area contributed by atoms with Crippen LogP contribution in [0, 0.1) is 12.8 Å². The Labute approximate surface area is 113 Å². The van der Waals surface area contributed by atoms with Crippen molar-refractivity contribution in [2.24, 2.45) is 13.0 Å². The molecule has 102 valence electrons. The molecule has 0 saturated carbocycles. The predicted molar refractivity (Wildman–Crippen MR) is 70.8 cm³/mol. The van der Waals surface area contributed by atoms with E-state index in [4.69, 9.17) is 16.3 Å². The van der Waals surface area contributed by atoms with Crippen molar-refractivity contribution in [3.63, 3.8) is 0 Å². The summed E-state index contributed by atoms with van der Waals surface area (Å²) in [4.78, 5) is 0. The van der Waals surface area contributed by atoms with Crippen molar-refractivity contribution in [3.8, 4) is 0 Å². The fourth-order valence-corrected chi connectivity index (χ4v) is 2.91. The number of hydrogen-bond donors (Lipinski definition) is 1. The first-order valence-electron chi connectivity index (χ1n) is 6.46. The van der Waals surface area contributed by atoms with Gasteiger partial charge in [-0.2, -0.15) is 5.10 Å². The number of ether oxygens (including phenoxy) is 1.